The Morgan fingerprint density at radius 1 is 1.05 bits per heavy atom. The predicted octanol–water partition coefficient (Wildman–Crippen LogP) is 4.78. The number of halogens is 2. The van der Waals surface area contributed by atoms with Gasteiger partial charge in [-0.05, 0) is 29.1 Å². The first kappa shape index (κ1) is 13.5. The molecule has 0 fully saturated rings. The maximum Gasteiger partial charge on any atom is 0.263 e. The van der Waals surface area contributed by atoms with Crippen LogP contribution in [0.3, 0.4) is 0 Å². The molecule has 0 saturated carbocycles. The summed E-state index contributed by atoms with van der Waals surface area (Å²) in [6.07, 6.45) is 1.11. The van der Waals surface area contributed by atoms with Gasteiger partial charge in [0.05, 0.1) is 0 Å². The first-order valence-corrected chi connectivity index (χ1v) is 6.67. The fraction of sp³-hybridized carbons (Fsp3) is 0.118. The lowest BCUT2D eigenvalue weighted by Crippen LogP contribution is -2.00. The number of rotatable bonds is 4. The first-order valence-electron chi connectivity index (χ1n) is 6.67. The van der Waals surface area contributed by atoms with E-state index >= 15 is 0 Å². The lowest BCUT2D eigenvalue weighted by atomic mass is 10.1. The summed E-state index contributed by atoms with van der Waals surface area (Å²) in [7, 11) is 0. The summed E-state index contributed by atoms with van der Waals surface area (Å²) < 4.78 is 25.4. The van der Waals surface area contributed by atoms with Gasteiger partial charge in [0, 0.05) is 35.6 Å². The summed E-state index contributed by atoms with van der Waals surface area (Å²) in [6, 6.07) is 14.3. The Morgan fingerprint density at radius 2 is 1.90 bits per heavy atom. The summed E-state index contributed by atoms with van der Waals surface area (Å²) in [4.78, 5) is 4.13. The number of hydrogen-bond donors (Lipinski definition) is 1. The van der Waals surface area contributed by atoms with E-state index in [1.807, 2.05) is 30.3 Å². The molecule has 0 atom stereocenters. The van der Waals surface area contributed by atoms with E-state index in [2.05, 4.69) is 10.3 Å². The van der Waals surface area contributed by atoms with Gasteiger partial charge >= 0.3 is 0 Å². The monoisotopic (exact) mass is 284 g/mol. The second-order valence-corrected chi connectivity index (χ2v) is 4.80. The highest BCUT2D eigenvalue weighted by Crippen LogP contribution is 2.23. The molecule has 106 valence electrons. The van der Waals surface area contributed by atoms with E-state index in [4.69, 9.17) is 0 Å². The van der Waals surface area contributed by atoms with Crippen molar-refractivity contribution in [2.24, 2.45) is 0 Å². The van der Waals surface area contributed by atoms with Crippen molar-refractivity contribution in [1.82, 2.24) is 4.98 Å². The van der Waals surface area contributed by atoms with E-state index in [-0.39, 0.29) is 5.56 Å². The molecule has 3 aromatic rings. The Hall–Kier alpha value is -2.49. The molecule has 1 heterocycles. The quantitative estimate of drug-likeness (QED) is 0.745. The third-order valence-electron chi connectivity index (χ3n) is 3.37. The van der Waals surface area contributed by atoms with Crippen molar-refractivity contribution in [2.75, 3.05) is 5.32 Å². The zero-order valence-electron chi connectivity index (χ0n) is 11.3. The van der Waals surface area contributed by atoms with Crippen molar-refractivity contribution in [3.63, 3.8) is 0 Å². The fourth-order valence-electron chi connectivity index (χ4n) is 2.30. The number of hydrogen-bond acceptors (Lipinski definition) is 2. The van der Waals surface area contributed by atoms with Crippen LogP contribution in [0.25, 0.3) is 10.8 Å². The molecule has 3 rings (SSSR count). The van der Waals surface area contributed by atoms with Crippen LogP contribution >= 0.6 is 0 Å². The van der Waals surface area contributed by atoms with E-state index in [1.54, 1.807) is 18.5 Å². The zero-order valence-corrected chi connectivity index (χ0v) is 11.3. The van der Waals surface area contributed by atoms with Crippen LogP contribution in [0.5, 0.6) is 0 Å². The molecular weight excluding hydrogens is 270 g/mol. The van der Waals surface area contributed by atoms with Gasteiger partial charge in [0.2, 0.25) is 0 Å². The van der Waals surface area contributed by atoms with Gasteiger partial charge < -0.3 is 5.32 Å². The summed E-state index contributed by atoms with van der Waals surface area (Å²) in [5.74, 6) is 0. The van der Waals surface area contributed by atoms with Gasteiger partial charge in [0.1, 0.15) is 0 Å². The summed E-state index contributed by atoms with van der Waals surface area (Å²) in [5.41, 5.74) is 1.82. The molecule has 0 amide bonds. The van der Waals surface area contributed by atoms with Gasteiger partial charge in [0.25, 0.3) is 6.43 Å². The molecule has 4 heteroatoms. The Bertz CT molecular complexity index is 751. The van der Waals surface area contributed by atoms with E-state index in [0.717, 1.165) is 22.0 Å². The third kappa shape index (κ3) is 2.99. The van der Waals surface area contributed by atoms with Crippen LogP contribution in [0.4, 0.5) is 14.5 Å². The lowest BCUT2D eigenvalue weighted by molar-refractivity contribution is 0.151. The highest BCUT2D eigenvalue weighted by atomic mass is 19.3. The molecule has 21 heavy (non-hydrogen) atoms. The van der Waals surface area contributed by atoms with Gasteiger partial charge in [0.15, 0.2) is 0 Å². The fourth-order valence-corrected chi connectivity index (χ4v) is 2.30. The topological polar surface area (TPSA) is 24.9 Å². The minimum Gasteiger partial charge on any atom is -0.380 e. The Labute approximate surface area is 121 Å². The molecule has 2 aromatic carbocycles. The molecule has 2 nitrogen and oxygen atoms in total. The van der Waals surface area contributed by atoms with Gasteiger partial charge in [-0.3, -0.25) is 4.98 Å². The molecule has 0 aliphatic rings. The number of benzene rings is 2. The Balaban J connectivity index is 1.82. The number of nitrogens with zero attached hydrogens (tertiary/aromatic N) is 1. The molecule has 0 spiro atoms. The number of anilines is 1. The molecule has 0 saturated heterocycles. The van der Waals surface area contributed by atoms with Crippen molar-refractivity contribution in [3.05, 3.63) is 72.1 Å². The molecule has 0 aliphatic heterocycles. The number of nitrogens with one attached hydrogen (secondary N) is 1. The van der Waals surface area contributed by atoms with Crippen LogP contribution in [-0.2, 0) is 6.54 Å². The van der Waals surface area contributed by atoms with E-state index in [0.29, 0.717) is 6.54 Å². The summed E-state index contributed by atoms with van der Waals surface area (Å²) >= 11 is 0. The second-order valence-electron chi connectivity index (χ2n) is 4.80. The normalized spacial score (nSPS) is 11.0. The molecule has 1 N–H and O–H groups in total. The van der Waals surface area contributed by atoms with Crippen molar-refractivity contribution in [3.8, 4) is 0 Å². The third-order valence-corrected chi connectivity index (χ3v) is 3.37. The number of alkyl halides is 2. The average molecular weight is 284 g/mol. The van der Waals surface area contributed by atoms with Gasteiger partial charge in [-0.25, -0.2) is 8.78 Å². The van der Waals surface area contributed by atoms with Gasteiger partial charge in [-0.2, -0.15) is 0 Å². The van der Waals surface area contributed by atoms with Gasteiger partial charge in [-0.1, -0.05) is 30.3 Å². The molecule has 1 aromatic heterocycles. The van der Waals surface area contributed by atoms with Gasteiger partial charge in [-0.15, -0.1) is 0 Å². The number of fused-ring (bicyclic) bond motifs is 1. The van der Waals surface area contributed by atoms with E-state index in [1.165, 1.54) is 12.1 Å². The second kappa shape index (κ2) is 5.87. The molecule has 0 radical (unpaired) electrons. The van der Waals surface area contributed by atoms with Crippen LogP contribution in [-0.4, -0.2) is 4.98 Å². The van der Waals surface area contributed by atoms with Crippen LogP contribution in [0, 0.1) is 0 Å². The maximum absolute atomic E-state index is 12.7. The summed E-state index contributed by atoms with van der Waals surface area (Å²) in [5, 5.41) is 5.40. The average Bonchev–Trinajstić information content (AvgIpc) is 2.53. The molecular formula is C17H14F2N2. The minimum absolute atomic E-state index is 0.0499. The maximum atomic E-state index is 12.7. The number of pyridine rings is 1. The highest BCUT2D eigenvalue weighted by Gasteiger charge is 2.07. The smallest absolute Gasteiger partial charge is 0.263 e. The highest BCUT2D eigenvalue weighted by molar-refractivity contribution is 5.93. The van der Waals surface area contributed by atoms with Crippen molar-refractivity contribution in [2.45, 2.75) is 13.0 Å². The van der Waals surface area contributed by atoms with Crippen LogP contribution < -0.4 is 5.32 Å². The predicted molar refractivity (Wildman–Crippen MR) is 80.5 cm³/mol. The minimum atomic E-state index is -2.44. The lowest BCUT2D eigenvalue weighted by Gasteiger charge is -2.10. The van der Waals surface area contributed by atoms with E-state index < -0.39 is 6.43 Å². The molecule has 0 bridgehead atoms. The van der Waals surface area contributed by atoms with Crippen molar-refractivity contribution >= 4 is 16.5 Å². The van der Waals surface area contributed by atoms with Crippen molar-refractivity contribution in [1.29, 1.82) is 0 Å². The van der Waals surface area contributed by atoms with Crippen LogP contribution in [0.15, 0.2) is 60.9 Å². The molecule has 0 aliphatic carbocycles. The largest absolute Gasteiger partial charge is 0.380 e. The summed E-state index contributed by atoms with van der Waals surface area (Å²) in [6.45, 7) is 0.495. The Kier molecular flexibility index (Phi) is 3.77. The van der Waals surface area contributed by atoms with Crippen LogP contribution in [0.2, 0.25) is 0 Å². The van der Waals surface area contributed by atoms with Crippen LogP contribution in [0.1, 0.15) is 17.6 Å². The zero-order chi connectivity index (χ0) is 14.7. The number of aromatic nitrogens is 1. The molecule has 0 unspecified atom stereocenters. The van der Waals surface area contributed by atoms with Crippen molar-refractivity contribution < 1.29 is 8.78 Å². The SMILES string of the molecule is FC(F)c1cccc(CNc2cccc3ccncc23)c1. The Morgan fingerprint density at radius 3 is 2.76 bits per heavy atom. The first-order chi connectivity index (χ1) is 10.2. The van der Waals surface area contributed by atoms with E-state index in [9.17, 15) is 8.78 Å². The standard InChI is InChI=1S/C17H14F2N2/c18-17(19)14-5-1-3-12(9-14)10-21-16-6-2-4-13-7-8-20-11-15(13)16/h1-9,11,17,21H,10H2.